The first-order valence-electron chi connectivity index (χ1n) is 15.1. The van der Waals surface area contributed by atoms with Crippen LogP contribution in [0.2, 0.25) is 0 Å². The molecule has 3 aliphatic heterocycles. The molecule has 0 radical (unpaired) electrons. The summed E-state index contributed by atoms with van der Waals surface area (Å²) in [5.74, 6) is 0.782. The highest BCUT2D eigenvalue weighted by Gasteiger charge is 2.50. The monoisotopic (exact) mass is 583 g/mol. The minimum Gasteiger partial charge on any atom is -0.465 e. The fourth-order valence-electron chi connectivity index (χ4n) is 6.86. The van der Waals surface area contributed by atoms with Gasteiger partial charge in [0.15, 0.2) is 0 Å². The zero-order chi connectivity index (χ0) is 29.6. The number of benzene rings is 2. The number of amides is 1. The lowest BCUT2D eigenvalue weighted by molar-refractivity contribution is -0.0799. The van der Waals surface area contributed by atoms with E-state index in [1.54, 1.807) is 0 Å². The molecule has 1 amide bonds. The highest BCUT2D eigenvalue weighted by molar-refractivity contribution is 5.94. The van der Waals surface area contributed by atoms with E-state index in [0.717, 1.165) is 43.2 Å². The van der Waals surface area contributed by atoms with Crippen LogP contribution in [0, 0.1) is 11.3 Å². The van der Waals surface area contributed by atoms with Crippen LogP contribution in [0.5, 0.6) is 6.01 Å². The molecular formula is C32H37N7O4. The zero-order valence-electron chi connectivity index (χ0n) is 24.5. The van der Waals surface area contributed by atoms with Gasteiger partial charge in [0.05, 0.1) is 37.4 Å². The average Bonchev–Trinajstić information content (AvgIpc) is 3.81. The fraction of sp³-hybridized carbons (Fsp3) is 0.500. The van der Waals surface area contributed by atoms with E-state index < -0.39 is 12.1 Å². The second-order valence-corrected chi connectivity index (χ2v) is 12.2. The number of ether oxygens (including phenoxy) is 2. The van der Waals surface area contributed by atoms with Crippen molar-refractivity contribution in [1.29, 1.82) is 5.26 Å². The van der Waals surface area contributed by atoms with Crippen LogP contribution >= 0.6 is 0 Å². The van der Waals surface area contributed by atoms with Crippen LogP contribution in [0.3, 0.4) is 0 Å². The lowest BCUT2D eigenvalue weighted by Crippen LogP contribution is -2.55. The summed E-state index contributed by atoms with van der Waals surface area (Å²) in [6.45, 7) is 4.49. The van der Waals surface area contributed by atoms with Crippen LogP contribution < -0.4 is 14.5 Å². The van der Waals surface area contributed by atoms with Crippen molar-refractivity contribution in [2.75, 3.05) is 62.8 Å². The average molecular weight is 584 g/mol. The molecule has 1 spiro atoms. The topological polar surface area (TPSA) is 118 Å². The van der Waals surface area contributed by atoms with E-state index in [0.29, 0.717) is 38.8 Å². The normalized spacial score (nSPS) is 23.2. The van der Waals surface area contributed by atoms with Crippen LogP contribution in [0.25, 0.3) is 10.8 Å². The molecule has 1 aliphatic carbocycles. The highest BCUT2D eigenvalue weighted by Crippen LogP contribution is 2.43. The van der Waals surface area contributed by atoms with E-state index in [1.165, 1.54) is 34.2 Å². The van der Waals surface area contributed by atoms with E-state index in [4.69, 9.17) is 19.4 Å². The number of morpholine rings is 1. The maximum Gasteiger partial charge on any atom is 0.407 e. The maximum atomic E-state index is 11.9. The van der Waals surface area contributed by atoms with Gasteiger partial charge in [-0.25, -0.2) is 4.79 Å². The number of carbonyl (C=O) groups is 1. The molecule has 11 nitrogen and oxygen atoms in total. The molecule has 4 heterocycles. The van der Waals surface area contributed by atoms with Crippen LogP contribution in [0.15, 0.2) is 42.5 Å². The lowest BCUT2D eigenvalue weighted by Gasteiger charge is -2.41. The molecule has 4 aliphatic rings. The van der Waals surface area contributed by atoms with Gasteiger partial charge in [-0.05, 0) is 37.8 Å². The predicted octanol–water partition coefficient (Wildman–Crippen LogP) is 3.52. The van der Waals surface area contributed by atoms with Gasteiger partial charge in [-0.1, -0.05) is 36.4 Å². The Labute approximate surface area is 251 Å². The summed E-state index contributed by atoms with van der Waals surface area (Å²) in [5.41, 5.74) is 3.36. The number of hydrogen-bond donors (Lipinski definition) is 1. The van der Waals surface area contributed by atoms with Gasteiger partial charge >= 0.3 is 12.1 Å². The number of aromatic nitrogens is 2. The number of carboxylic acid groups (broad SMARTS) is 1. The van der Waals surface area contributed by atoms with E-state index in [2.05, 4.69) is 70.3 Å². The summed E-state index contributed by atoms with van der Waals surface area (Å²) < 4.78 is 12.4. The van der Waals surface area contributed by atoms with Gasteiger partial charge in [-0.2, -0.15) is 15.2 Å². The number of fused-ring (bicyclic) bond motifs is 2. The molecule has 0 bridgehead atoms. The molecule has 2 aromatic carbocycles. The Balaban J connectivity index is 1.18. The van der Waals surface area contributed by atoms with Crippen molar-refractivity contribution in [2.24, 2.45) is 0 Å². The summed E-state index contributed by atoms with van der Waals surface area (Å²) in [6, 6.07) is 16.8. The number of hydrogen-bond acceptors (Lipinski definition) is 9. The van der Waals surface area contributed by atoms with Crippen LogP contribution in [-0.2, 0) is 17.7 Å². The Morgan fingerprint density at radius 1 is 1.12 bits per heavy atom. The first-order chi connectivity index (χ1) is 20.9. The quantitative estimate of drug-likeness (QED) is 0.462. The Morgan fingerprint density at radius 3 is 2.74 bits per heavy atom. The Morgan fingerprint density at radius 2 is 1.95 bits per heavy atom. The van der Waals surface area contributed by atoms with E-state index >= 15 is 0 Å². The highest BCUT2D eigenvalue weighted by atomic mass is 16.5. The molecular weight excluding hydrogens is 546 g/mol. The third kappa shape index (κ3) is 5.30. The molecule has 0 unspecified atom stereocenters. The standard InChI is InChI=1S/C32H37N7O4/c1-36-18-24(43-21-32(36)11-12-32)20-42-30-34-27-19-37(28-8-4-6-22-5-2-3-7-25(22)28)14-10-26(27)29(35-30)38-15-16-39(31(40)41)23(17-38)9-13-33/h2-8,23-24H,9-12,14-21H2,1H3,(H,40,41)/t23-,24+/m0/s1. The zero-order valence-corrected chi connectivity index (χ0v) is 24.5. The van der Waals surface area contributed by atoms with Gasteiger partial charge in [-0.3, -0.25) is 4.90 Å². The third-order valence-electron chi connectivity index (χ3n) is 9.59. The number of piperazine rings is 1. The van der Waals surface area contributed by atoms with E-state index in [1.807, 2.05) is 0 Å². The fourth-order valence-corrected chi connectivity index (χ4v) is 6.86. The number of nitrogens with zero attached hydrogens (tertiary/aromatic N) is 7. The summed E-state index contributed by atoms with van der Waals surface area (Å²) in [5, 5.41) is 21.5. The smallest absolute Gasteiger partial charge is 0.407 e. The second-order valence-electron chi connectivity index (χ2n) is 12.2. The summed E-state index contributed by atoms with van der Waals surface area (Å²) in [6.07, 6.45) is 2.18. The molecule has 224 valence electrons. The Kier molecular flexibility index (Phi) is 7.19. The second kappa shape index (κ2) is 11.2. The third-order valence-corrected chi connectivity index (χ3v) is 9.59. The van der Waals surface area contributed by atoms with Crippen LogP contribution in [0.4, 0.5) is 16.3 Å². The Hall–Kier alpha value is -4.14. The van der Waals surface area contributed by atoms with Crippen molar-refractivity contribution in [3.8, 4) is 12.1 Å². The number of nitriles is 1. The summed E-state index contributed by atoms with van der Waals surface area (Å²) >= 11 is 0. The van der Waals surface area contributed by atoms with Gasteiger partial charge in [0.25, 0.3) is 0 Å². The van der Waals surface area contributed by atoms with Crippen molar-refractivity contribution in [2.45, 2.75) is 49.9 Å². The minimum absolute atomic E-state index is 0.0643. The number of rotatable bonds is 6. The van der Waals surface area contributed by atoms with Crippen molar-refractivity contribution in [3.63, 3.8) is 0 Å². The summed E-state index contributed by atoms with van der Waals surface area (Å²) in [4.78, 5) is 30.0. The first-order valence-corrected chi connectivity index (χ1v) is 15.1. The van der Waals surface area contributed by atoms with Gasteiger partial charge in [-0.15, -0.1) is 0 Å². The van der Waals surface area contributed by atoms with Crippen LogP contribution in [0.1, 0.15) is 30.5 Å². The molecule has 3 aromatic rings. The van der Waals surface area contributed by atoms with E-state index in [9.17, 15) is 15.2 Å². The van der Waals surface area contributed by atoms with E-state index in [-0.39, 0.29) is 18.1 Å². The molecule has 11 heteroatoms. The van der Waals surface area contributed by atoms with Crippen molar-refractivity contribution in [3.05, 3.63) is 53.7 Å². The lowest BCUT2D eigenvalue weighted by atomic mass is 10.0. The molecule has 1 saturated carbocycles. The SMILES string of the molecule is CN1C[C@H](COc2nc3c(c(N4CCN(C(=O)O)[C@@H](CC#N)C4)n2)CCN(c2cccc4ccccc24)C3)OCC12CC2. The molecule has 1 aromatic heterocycles. The molecule has 2 saturated heterocycles. The van der Waals surface area contributed by atoms with Crippen LogP contribution in [-0.4, -0.2) is 102 Å². The number of anilines is 2. The van der Waals surface area contributed by atoms with Gasteiger partial charge in [0.2, 0.25) is 0 Å². The molecule has 2 atom stereocenters. The predicted molar refractivity (Wildman–Crippen MR) is 162 cm³/mol. The van der Waals surface area contributed by atoms with Gasteiger partial charge in [0, 0.05) is 54.9 Å². The molecule has 3 fully saturated rings. The van der Waals surface area contributed by atoms with Gasteiger partial charge in [0.1, 0.15) is 18.5 Å². The number of likely N-dealkylation sites (N-methyl/N-ethyl adjacent to an activating group) is 1. The van der Waals surface area contributed by atoms with Gasteiger partial charge < -0.3 is 29.3 Å². The largest absolute Gasteiger partial charge is 0.465 e. The molecule has 7 rings (SSSR count). The molecule has 43 heavy (non-hydrogen) atoms. The summed E-state index contributed by atoms with van der Waals surface area (Å²) in [7, 11) is 2.16. The molecule has 1 N–H and O–H groups in total. The maximum absolute atomic E-state index is 11.9. The minimum atomic E-state index is -0.996. The van der Waals surface area contributed by atoms with Crippen molar-refractivity contribution in [1.82, 2.24) is 19.8 Å². The Bertz CT molecular complexity index is 1570. The van der Waals surface area contributed by atoms with Crippen molar-refractivity contribution < 1.29 is 19.4 Å². The first kappa shape index (κ1) is 27.7. The van der Waals surface area contributed by atoms with Crippen molar-refractivity contribution >= 4 is 28.4 Å².